The van der Waals surface area contributed by atoms with Gasteiger partial charge in [-0.05, 0) is 6.92 Å². The van der Waals surface area contributed by atoms with Crippen molar-refractivity contribution in [1.29, 1.82) is 0 Å². The number of ether oxygens (including phenoxy) is 2. The van der Waals surface area contributed by atoms with Crippen molar-refractivity contribution in [3.8, 4) is 0 Å². The first kappa shape index (κ1) is 14.7. The maximum absolute atomic E-state index is 12.2. The van der Waals surface area contributed by atoms with E-state index in [-0.39, 0.29) is 26.3 Å². The highest BCUT2D eigenvalue weighted by Crippen LogP contribution is 2.29. The van der Waals surface area contributed by atoms with Gasteiger partial charge in [-0.3, -0.25) is 4.79 Å². The van der Waals surface area contributed by atoms with Crippen LogP contribution in [-0.2, 0) is 24.5 Å². The molecule has 2 heterocycles. The first-order chi connectivity index (χ1) is 8.86. The molecule has 0 saturated carbocycles. The summed E-state index contributed by atoms with van der Waals surface area (Å²) in [6.07, 6.45) is 0. The Bertz CT molecular complexity index is 447. The number of carboxylic acids is 1. The first-order valence-corrected chi connectivity index (χ1v) is 7.46. The van der Waals surface area contributed by atoms with Crippen LogP contribution in [0.4, 0.5) is 0 Å². The Morgan fingerprint density at radius 1 is 1.37 bits per heavy atom. The molecule has 0 radical (unpaired) electrons. The van der Waals surface area contributed by atoms with Gasteiger partial charge in [0.15, 0.2) is 0 Å². The Labute approximate surface area is 111 Å². The van der Waals surface area contributed by atoms with E-state index in [1.807, 2.05) is 0 Å². The third kappa shape index (κ3) is 2.90. The fourth-order valence-corrected chi connectivity index (χ4v) is 3.56. The standard InChI is InChI=1S/C10H18N2O6S/c1-10(9(13)14)7-18-6-8(10)11-19(15,16)12-2-4-17-5-3-12/h8,11H,2-7H2,1H3,(H,13,14). The van der Waals surface area contributed by atoms with Crippen LogP contribution in [-0.4, -0.2) is 69.4 Å². The highest BCUT2D eigenvalue weighted by molar-refractivity contribution is 7.87. The van der Waals surface area contributed by atoms with Crippen molar-refractivity contribution in [3.63, 3.8) is 0 Å². The minimum atomic E-state index is -3.71. The molecule has 2 fully saturated rings. The molecule has 2 atom stereocenters. The van der Waals surface area contributed by atoms with Gasteiger partial charge >= 0.3 is 5.97 Å². The molecular formula is C10H18N2O6S. The Morgan fingerprint density at radius 2 is 2.00 bits per heavy atom. The topological polar surface area (TPSA) is 105 Å². The lowest BCUT2D eigenvalue weighted by Gasteiger charge is -2.30. The van der Waals surface area contributed by atoms with Gasteiger partial charge in [-0.1, -0.05) is 0 Å². The fourth-order valence-electron chi connectivity index (χ4n) is 2.09. The largest absolute Gasteiger partial charge is 0.481 e. The van der Waals surface area contributed by atoms with Gasteiger partial charge in [0.05, 0.1) is 32.5 Å². The number of hydrogen-bond acceptors (Lipinski definition) is 5. The average Bonchev–Trinajstić information content (AvgIpc) is 2.73. The van der Waals surface area contributed by atoms with E-state index in [0.717, 1.165) is 0 Å². The summed E-state index contributed by atoms with van der Waals surface area (Å²) in [5, 5.41) is 9.20. The molecule has 0 aromatic carbocycles. The highest BCUT2D eigenvalue weighted by Gasteiger charge is 2.48. The second-order valence-corrected chi connectivity index (χ2v) is 6.63. The molecule has 2 rings (SSSR count). The number of nitrogens with zero attached hydrogens (tertiary/aromatic N) is 1. The lowest BCUT2D eigenvalue weighted by molar-refractivity contribution is -0.148. The van der Waals surface area contributed by atoms with Gasteiger partial charge < -0.3 is 14.6 Å². The van der Waals surface area contributed by atoms with Crippen molar-refractivity contribution in [3.05, 3.63) is 0 Å². The van der Waals surface area contributed by atoms with E-state index >= 15 is 0 Å². The van der Waals surface area contributed by atoms with Crippen LogP contribution in [0, 0.1) is 5.41 Å². The minimum absolute atomic E-state index is 0.00136. The molecule has 0 aliphatic carbocycles. The number of aliphatic carboxylic acids is 1. The molecule has 2 aliphatic heterocycles. The zero-order chi connectivity index (χ0) is 14.1. The van der Waals surface area contributed by atoms with Crippen molar-refractivity contribution in [2.24, 2.45) is 5.41 Å². The van der Waals surface area contributed by atoms with Gasteiger partial charge in [-0.15, -0.1) is 0 Å². The van der Waals surface area contributed by atoms with Crippen LogP contribution in [0.3, 0.4) is 0 Å². The molecule has 2 aliphatic rings. The second-order valence-electron chi connectivity index (χ2n) is 4.92. The maximum Gasteiger partial charge on any atom is 0.313 e. The van der Waals surface area contributed by atoms with Crippen LogP contribution in [0.1, 0.15) is 6.92 Å². The normalized spacial score (nSPS) is 33.4. The minimum Gasteiger partial charge on any atom is -0.481 e. The number of carboxylic acid groups (broad SMARTS) is 1. The summed E-state index contributed by atoms with van der Waals surface area (Å²) in [6, 6.07) is -0.766. The predicted octanol–water partition coefficient (Wildman–Crippen LogP) is -1.36. The Kier molecular flexibility index (Phi) is 4.11. The molecule has 2 unspecified atom stereocenters. The van der Waals surface area contributed by atoms with Crippen LogP contribution in [0.5, 0.6) is 0 Å². The third-order valence-electron chi connectivity index (χ3n) is 3.55. The van der Waals surface area contributed by atoms with E-state index < -0.39 is 27.6 Å². The van der Waals surface area contributed by atoms with Gasteiger partial charge in [0.25, 0.3) is 10.2 Å². The van der Waals surface area contributed by atoms with Gasteiger partial charge in [0.2, 0.25) is 0 Å². The summed E-state index contributed by atoms with van der Waals surface area (Å²) in [5.41, 5.74) is -1.24. The SMILES string of the molecule is CC1(C(=O)O)COCC1NS(=O)(=O)N1CCOCC1. The molecule has 0 aromatic heterocycles. The summed E-state index contributed by atoms with van der Waals surface area (Å²) in [7, 11) is -3.71. The highest BCUT2D eigenvalue weighted by atomic mass is 32.2. The van der Waals surface area contributed by atoms with Gasteiger partial charge in [0, 0.05) is 13.1 Å². The first-order valence-electron chi connectivity index (χ1n) is 6.02. The fraction of sp³-hybridized carbons (Fsp3) is 0.900. The number of carbonyl (C=O) groups is 1. The van der Waals surface area contributed by atoms with Crippen LogP contribution < -0.4 is 4.72 Å². The summed E-state index contributed by atoms with van der Waals surface area (Å²) < 4.78 is 38.2. The number of morpholine rings is 1. The maximum atomic E-state index is 12.2. The number of rotatable bonds is 4. The smallest absolute Gasteiger partial charge is 0.313 e. The van der Waals surface area contributed by atoms with Crippen molar-refractivity contribution < 1.29 is 27.8 Å². The molecule has 0 aromatic rings. The average molecular weight is 294 g/mol. The van der Waals surface area contributed by atoms with Crippen LogP contribution in [0.2, 0.25) is 0 Å². The quantitative estimate of drug-likeness (QED) is 0.663. The van der Waals surface area contributed by atoms with Gasteiger partial charge in [-0.25, -0.2) is 0 Å². The molecule has 19 heavy (non-hydrogen) atoms. The Hall–Kier alpha value is -0.740. The Morgan fingerprint density at radius 3 is 2.58 bits per heavy atom. The third-order valence-corrected chi connectivity index (χ3v) is 5.17. The van der Waals surface area contributed by atoms with E-state index in [1.165, 1.54) is 11.2 Å². The number of nitrogens with one attached hydrogen (secondary N) is 1. The van der Waals surface area contributed by atoms with Crippen molar-refractivity contribution in [1.82, 2.24) is 9.03 Å². The monoisotopic (exact) mass is 294 g/mol. The second kappa shape index (κ2) is 5.33. The van der Waals surface area contributed by atoms with Crippen LogP contribution in [0.15, 0.2) is 0 Å². The van der Waals surface area contributed by atoms with E-state index in [2.05, 4.69) is 4.72 Å². The van der Waals surface area contributed by atoms with E-state index in [4.69, 9.17) is 9.47 Å². The molecule has 0 amide bonds. The number of hydrogen-bond donors (Lipinski definition) is 2. The van der Waals surface area contributed by atoms with Gasteiger partial charge in [-0.2, -0.15) is 17.4 Å². The molecule has 2 N–H and O–H groups in total. The summed E-state index contributed by atoms with van der Waals surface area (Å²) in [5.74, 6) is -1.07. The van der Waals surface area contributed by atoms with Crippen molar-refractivity contribution >= 4 is 16.2 Å². The lowest BCUT2D eigenvalue weighted by atomic mass is 9.86. The molecule has 8 nitrogen and oxygen atoms in total. The van der Waals surface area contributed by atoms with E-state index in [1.54, 1.807) is 0 Å². The van der Waals surface area contributed by atoms with Crippen molar-refractivity contribution in [2.45, 2.75) is 13.0 Å². The predicted molar refractivity (Wildman–Crippen MR) is 64.8 cm³/mol. The molecular weight excluding hydrogens is 276 g/mol. The van der Waals surface area contributed by atoms with E-state index in [0.29, 0.717) is 13.2 Å². The van der Waals surface area contributed by atoms with Crippen LogP contribution >= 0.6 is 0 Å². The zero-order valence-corrected chi connectivity index (χ0v) is 11.5. The summed E-state index contributed by atoms with van der Waals surface area (Å²) in [6.45, 7) is 2.77. The van der Waals surface area contributed by atoms with Gasteiger partial charge in [0.1, 0.15) is 5.41 Å². The lowest BCUT2D eigenvalue weighted by Crippen LogP contribution is -2.55. The molecule has 0 bridgehead atoms. The molecule has 0 spiro atoms. The summed E-state index contributed by atoms with van der Waals surface area (Å²) in [4.78, 5) is 11.2. The summed E-state index contributed by atoms with van der Waals surface area (Å²) >= 11 is 0. The van der Waals surface area contributed by atoms with Crippen LogP contribution in [0.25, 0.3) is 0 Å². The molecule has 110 valence electrons. The Balaban J connectivity index is 2.09. The zero-order valence-electron chi connectivity index (χ0n) is 10.7. The van der Waals surface area contributed by atoms with E-state index in [9.17, 15) is 18.3 Å². The molecule has 2 saturated heterocycles. The van der Waals surface area contributed by atoms with Crippen molar-refractivity contribution in [2.75, 3.05) is 39.5 Å². The molecule has 9 heteroatoms.